The highest BCUT2D eigenvalue weighted by atomic mass is 79.9. The average molecular weight is 888 g/mol. The maximum absolute atomic E-state index is 9.66. The Balaban J connectivity index is 0.000000141. The number of aromatic nitrogens is 6. The Morgan fingerprint density at radius 2 is 0.937 bits per heavy atom. The van der Waals surface area contributed by atoms with E-state index in [1.807, 2.05) is 122 Å². The Hall–Kier alpha value is -7.88. The molecule has 6 aromatic heterocycles. The average Bonchev–Trinajstić information content (AvgIpc) is 4.03. The SMILES string of the molecule is Brc1cccc(-c2ccccn2)c1.C.C.Oc1ccc2c3ccccc3n3ccnc3c2c1.c1ccc(-c2cccc(Oc3ccc4c5ccccc5n5ccnc5c4c3)c2)nc1. The fourth-order valence-electron chi connectivity index (χ4n) is 7.75. The summed E-state index contributed by atoms with van der Waals surface area (Å²) in [7, 11) is 0. The molecule has 12 aromatic rings. The summed E-state index contributed by atoms with van der Waals surface area (Å²) in [6.45, 7) is 0. The van der Waals surface area contributed by atoms with Crippen molar-refractivity contribution in [3.63, 3.8) is 0 Å². The highest BCUT2D eigenvalue weighted by Crippen LogP contribution is 2.34. The van der Waals surface area contributed by atoms with Gasteiger partial charge in [-0.3, -0.25) is 18.8 Å². The molecule has 0 radical (unpaired) electrons. The number of halogens is 1. The second-order valence-electron chi connectivity index (χ2n) is 14.3. The highest BCUT2D eigenvalue weighted by Gasteiger charge is 2.12. The number of ether oxygens (including phenoxy) is 1. The molecule has 12 rings (SSSR count). The quantitative estimate of drug-likeness (QED) is 0.177. The molecular weight excluding hydrogens is 845 g/mol. The van der Waals surface area contributed by atoms with Crippen LogP contribution in [0.15, 0.2) is 212 Å². The molecule has 6 heterocycles. The number of fused-ring (bicyclic) bond motifs is 12. The normalized spacial score (nSPS) is 10.7. The van der Waals surface area contributed by atoms with E-state index in [-0.39, 0.29) is 20.6 Å². The molecule has 0 atom stereocenters. The molecule has 0 saturated heterocycles. The molecule has 8 nitrogen and oxygen atoms in total. The van der Waals surface area contributed by atoms with Crippen molar-refractivity contribution in [2.75, 3.05) is 0 Å². The Morgan fingerprint density at radius 1 is 0.413 bits per heavy atom. The highest BCUT2D eigenvalue weighted by molar-refractivity contribution is 9.10. The van der Waals surface area contributed by atoms with Gasteiger partial charge in [0.25, 0.3) is 0 Å². The number of hydrogen-bond donors (Lipinski definition) is 1. The van der Waals surface area contributed by atoms with Gasteiger partial charge in [0.1, 0.15) is 28.5 Å². The molecule has 0 amide bonds. The van der Waals surface area contributed by atoms with Crippen LogP contribution in [0.3, 0.4) is 0 Å². The zero-order valence-electron chi connectivity index (χ0n) is 32.5. The molecule has 0 bridgehead atoms. The lowest BCUT2D eigenvalue weighted by atomic mass is 10.1. The van der Waals surface area contributed by atoms with Gasteiger partial charge in [-0.1, -0.05) is 104 Å². The van der Waals surface area contributed by atoms with Crippen LogP contribution in [0.2, 0.25) is 0 Å². The van der Waals surface area contributed by atoms with Gasteiger partial charge in [-0.05, 0) is 108 Å². The van der Waals surface area contributed by atoms with Crippen molar-refractivity contribution in [3.8, 4) is 39.8 Å². The number of rotatable bonds is 4. The number of aromatic hydroxyl groups is 1. The van der Waals surface area contributed by atoms with Crippen molar-refractivity contribution in [1.29, 1.82) is 0 Å². The Labute approximate surface area is 373 Å². The summed E-state index contributed by atoms with van der Waals surface area (Å²) in [5, 5.41) is 16.3. The van der Waals surface area contributed by atoms with E-state index in [9.17, 15) is 5.11 Å². The van der Waals surface area contributed by atoms with Crippen LogP contribution in [0.1, 0.15) is 14.9 Å². The molecule has 308 valence electrons. The summed E-state index contributed by atoms with van der Waals surface area (Å²) in [5.74, 6) is 1.82. The predicted octanol–water partition coefficient (Wildman–Crippen LogP) is 14.6. The van der Waals surface area contributed by atoms with Gasteiger partial charge in [-0.2, -0.15) is 0 Å². The Bertz CT molecular complexity index is 3500. The number of imidazole rings is 2. The van der Waals surface area contributed by atoms with Crippen LogP contribution >= 0.6 is 15.9 Å². The topological polar surface area (TPSA) is 89.8 Å². The summed E-state index contributed by atoms with van der Waals surface area (Å²) in [4.78, 5) is 17.7. The number of phenols is 1. The second kappa shape index (κ2) is 18.4. The number of para-hydroxylation sites is 2. The molecule has 63 heavy (non-hydrogen) atoms. The van der Waals surface area contributed by atoms with E-state index < -0.39 is 0 Å². The zero-order chi connectivity index (χ0) is 41.1. The lowest BCUT2D eigenvalue weighted by Crippen LogP contribution is -1.91. The molecule has 0 saturated carbocycles. The first kappa shape index (κ1) is 41.8. The van der Waals surface area contributed by atoms with E-state index in [0.29, 0.717) is 0 Å². The second-order valence-corrected chi connectivity index (χ2v) is 15.2. The van der Waals surface area contributed by atoms with Crippen LogP contribution in [0.4, 0.5) is 0 Å². The molecule has 9 heteroatoms. The predicted molar refractivity (Wildman–Crippen MR) is 263 cm³/mol. The van der Waals surface area contributed by atoms with Crippen LogP contribution in [-0.4, -0.2) is 33.8 Å². The third-order valence-electron chi connectivity index (χ3n) is 10.5. The van der Waals surface area contributed by atoms with Gasteiger partial charge < -0.3 is 9.84 Å². The minimum atomic E-state index is 0. The largest absolute Gasteiger partial charge is 0.508 e. The van der Waals surface area contributed by atoms with E-state index in [1.165, 1.54) is 10.8 Å². The lowest BCUT2D eigenvalue weighted by Gasteiger charge is -2.11. The lowest BCUT2D eigenvalue weighted by molar-refractivity contribution is 0.476. The molecular formula is C54H43BrN6O2. The third kappa shape index (κ3) is 8.42. The third-order valence-corrected chi connectivity index (χ3v) is 11.0. The van der Waals surface area contributed by atoms with Crippen molar-refractivity contribution < 1.29 is 9.84 Å². The van der Waals surface area contributed by atoms with Gasteiger partial charge in [0.15, 0.2) is 0 Å². The monoisotopic (exact) mass is 886 g/mol. The number of hydrogen-bond acceptors (Lipinski definition) is 6. The van der Waals surface area contributed by atoms with Crippen molar-refractivity contribution in [1.82, 2.24) is 28.7 Å². The van der Waals surface area contributed by atoms with E-state index in [1.54, 1.807) is 30.7 Å². The van der Waals surface area contributed by atoms with Gasteiger partial charge in [0.2, 0.25) is 0 Å². The summed E-state index contributed by atoms with van der Waals surface area (Å²) >= 11 is 3.43. The van der Waals surface area contributed by atoms with Crippen molar-refractivity contribution in [3.05, 3.63) is 212 Å². The number of phenolic OH excluding ortho intramolecular Hbond substituents is 1. The number of benzene rings is 6. The van der Waals surface area contributed by atoms with Crippen LogP contribution in [0.5, 0.6) is 17.2 Å². The van der Waals surface area contributed by atoms with Gasteiger partial charge >= 0.3 is 0 Å². The van der Waals surface area contributed by atoms with E-state index in [0.717, 1.165) is 82.4 Å². The standard InChI is InChI=1S/C26H17N3O.C15H10N2O.C11H8BrN.2CH4/c1-2-10-25-22(8-1)21-12-11-20(17-23(21)26-28-14-15-29(25)26)30-19-7-5-6-18(16-19)24-9-3-4-13-27-24;18-10-5-6-11-12-3-1-2-4-14(12)17-8-7-16-15(17)13(11)9-10;12-10-5-3-4-9(8-10)11-6-1-2-7-13-11;;/h1-17H;1-9,18H;1-8H;2*1H4. The molecule has 0 aliphatic carbocycles. The van der Waals surface area contributed by atoms with Crippen LogP contribution in [0, 0.1) is 0 Å². The van der Waals surface area contributed by atoms with Crippen LogP contribution < -0.4 is 4.74 Å². The first-order valence-electron chi connectivity index (χ1n) is 19.7. The van der Waals surface area contributed by atoms with Gasteiger partial charge in [0, 0.05) is 74.3 Å². The van der Waals surface area contributed by atoms with Crippen molar-refractivity contribution in [2.45, 2.75) is 14.9 Å². The zero-order valence-corrected chi connectivity index (χ0v) is 34.1. The van der Waals surface area contributed by atoms with Crippen LogP contribution in [0.25, 0.3) is 77.2 Å². The van der Waals surface area contributed by atoms with E-state index in [4.69, 9.17) is 4.74 Å². The minimum Gasteiger partial charge on any atom is -0.508 e. The van der Waals surface area contributed by atoms with Crippen LogP contribution in [-0.2, 0) is 0 Å². The van der Waals surface area contributed by atoms with E-state index in [2.05, 4.69) is 99.3 Å². The van der Waals surface area contributed by atoms with Gasteiger partial charge in [-0.15, -0.1) is 0 Å². The fraction of sp³-hybridized carbons (Fsp3) is 0.0370. The minimum absolute atomic E-state index is 0. The number of nitrogens with zero attached hydrogens (tertiary/aromatic N) is 6. The van der Waals surface area contributed by atoms with Crippen molar-refractivity contribution >= 4 is 70.6 Å². The van der Waals surface area contributed by atoms with Gasteiger partial charge in [-0.25, -0.2) is 9.97 Å². The fourth-order valence-corrected chi connectivity index (χ4v) is 8.15. The summed E-state index contributed by atoms with van der Waals surface area (Å²) in [6, 6.07) is 56.2. The molecule has 6 aromatic carbocycles. The number of pyridine rings is 4. The molecule has 0 aliphatic heterocycles. The van der Waals surface area contributed by atoms with Crippen molar-refractivity contribution in [2.24, 2.45) is 0 Å². The maximum Gasteiger partial charge on any atom is 0.145 e. The molecule has 0 spiro atoms. The van der Waals surface area contributed by atoms with E-state index >= 15 is 0 Å². The summed E-state index contributed by atoms with van der Waals surface area (Å²) < 4.78 is 11.5. The first-order valence-corrected chi connectivity index (χ1v) is 20.5. The first-order chi connectivity index (χ1) is 30.1. The summed E-state index contributed by atoms with van der Waals surface area (Å²) in [6.07, 6.45) is 11.2. The Kier molecular flexibility index (Phi) is 12.2. The molecule has 0 aliphatic rings. The molecule has 0 unspecified atom stereocenters. The van der Waals surface area contributed by atoms with Gasteiger partial charge in [0.05, 0.1) is 22.4 Å². The molecule has 0 fully saturated rings. The smallest absolute Gasteiger partial charge is 0.145 e. The summed E-state index contributed by atoms with van der Waals surface area (Å²) in [5.41, 5.74) is 8.16. The molecule has 1 N–H and O–H groups in total. The maximum atomic E-state index is 9.66. The Morgan fingerprint density at radius 3 is 1.52 bits per heavy atom.